The van der Waals surface area contributed by atoms with E-state index in [1.807, 2.05) is 6.07 Å². The minimum absolute atomic E-state index is 0.154. The van der Waals surface area contributed by atoms with Gasteiger partial charge in [0.25, 0.3) is 0 Å². The Morgan fingerprint density at radius 3 is 2.74 bits per heavy atom. The fourth-order valence-electron chi connectivity index (χ4n) is 3.39. The van der Waals surface area contributed by atoms with Crippen molar-refractivity contribution in [3.05, 3.63) is 34.1 Å². The molecule has 1 aliphatic carbocycles. The molecule has 0 aromatic heterocycles. The lowest BCUT2D eigenvalue weighted by Crippen LogP contribution is -2.39. The summed E-state index contributed by atoms with van der Waals surface area (Å²) in [6.07, 6.45) is 4.88. The van der Waals surface area contributed by atoms with Crippen molar-refractivity contribution in [2.45, 2.75) is 45.6 Å². The van der Waals surface area contributed by atoms with Gasteiger partial charge in [0.05, 0.1) is 0 Å². The van der Waals surface area contributed by atoms with Gasteiger partial charge in [0.15, 0.2) is 0 Å². The second-order valence-electron chi connectivity index (χ2n) is 5.72. The molecule has 1 aromatic carbocycles. The maximum Gasteiger partial charge on any atom is 0.124 e. The molecule has 0 spiro atoms. The predicted octanol–water partition coefficient (Wildman–Crippen LogP) is 4.55. The van der Waals surface area contributed by atoms with Crippen molar-refractivity contribution in [3.63, 3.8) is 0 Å². The standard InChI is InChI=1S/C16H23BrFN/c1-3-19-16(15-6-4-5-11(15)2)9-12-7-13(17)10-14(18)8-12/h7-8,10-11,15-16,19H,3-6,9H2,1-2H3. The predicted molar refractivity (Wildman–Crippen MR) is 81.8 cm³/mol. The van der Waals surface area contributed by atoms with Crippen LogP contribution in [0.4, 0.5) is 4.39 Å². The number of hydrogen-bond acceptors (Lipinski definition) is 1. The largest absolute Gasteiger partial charge is 0.314 e. The highest BCUT2D eigenvalue weighted by molar-refractivity contribution is 9.10. The first-order chi connectivity index (χ1) is 9.10. The molecule has 1 nitrogen and oxygen atoms in total. The Kier molecular flexibility index (Phi) is 5.40. The van der Waals surface area contributed by atoms with Crippen LogP contribution in [0, 0.1) is 17.7 Å². The smallest absolute Gasteiger partial charge is 0.124 e. The maximum atomic E-state index is 13.5. The van der Waals surface area contributed by atoms with Crippen LogP contribution in [0.15, 0.2) is 22.7 Å². The molecule has 106 valence electrons. The second-order valence-corrected chi connectivity index (χ2v) is 6.63. The van der Waals surface area contributed by atoms with Crippen molar-refractivity contribution in [1.82, 2.24) is 5.32 Å². The Hall–Kier alpha value is -0.410. The molecule has 3 atom stereocenters. The zero-order valence-corrected chi connectivity index (χ0v) is 13.3. The summed E-state index contributed by atoms with van der Waals surface area (Å²) < 4.78 is 14.3. The molecular formula is C16H23BrFN. The highest BCUT2D eigenvalue weighted by Gasteiger charge is 2.30. The van der Waals surface area contributed by atoms with Crippen molar-refractivity contribution in [3.8, 4) is 0 Å². The van der Waals surface area contributed by atoms with Crippen molar-refractivity contribution in [1.29, 1.82) is 0 Å². The fourth-order valence-corrected chi connectivity index (χ4v) is 3.90. The summed E-state index contributed by atoms with van der Waals surface area (Å²) in [6, 6.07) is 5.68. The number of nitrogens with one attached hydrogen (secondary N) is 1. The van der Waals surface area contributed by atoms with Crippen molar-refractivity contribution < 1.29 is 4.39 Å². The van der Waals surface area contributed by atoms with Gasteiger partial charge in [-0.2, -0.15) is 0 Å². The molecule has 1 aromatic rings. The zero-order chi connectivity index (χ0) is 13.8. The SMILES string of the molecule is CCNC(Cc1cc(F)cc(Br)c1)C1CCCC1C. The van der Waals surface area contributed by atoms with Crippen molar-refractivity contribution in [2.75, 3.05) is 6.54 Å². The zero-order valence-electron chi connectivity index (χ0n) is 11.8. The Labute approximate surface area is 124 Å². The molecule has 1 saturated carbocycles. The van der Waals surface area contributed by atoms with E-state index in [0.29, 0.717) is 6.04 Å². The molecule has 1 N–H and O–H groups in total. The average Bonchev–Trinajstić information content (AvgIpc) is 2.73. The normalized spacial score (nSPS) is 24.6. The topological polar surface area (TPSA) is 12.0 Å². The number of rotatable bonds is 5. The van der Waals surface area contributed by atoms with Crippen LogP contribution in [0.25, 0.3) is 0 Å². The van der Waals surface area contributed by atoms with E-state index in [1.54, 1.807) is 6.07 Å². The Balaban J connectivity index is 2.11. The van der Waals surface area contributed by atoms with Crippen molar-refractivity contribution >= 4 is 15.9 Å². The monoisotopic (exact) mass is 327 g/mol. The highest BCUT2D eigenvalue weighted by atomic mass is 79.9. The molecule has 2 rings (SSSR count). The molecule has 19 heavy (non-hydrogen) atoms. The Morgan fingerprint density at radius 1 is 1.37 bits per heavy atom. The van der Waals surface area contributed by atoms with Crippen LogP contribution in [0.2, 0.25) is 0 Å². The van der Waals surface area contributed by atoms with Gasteiger partial charge in [-0.15, -0.1) is 0 Å². The van der Waals surface area contributed by atoms with Gasteiger partial charge >= 0.3 is 0 Å². The highest BCUT2D eigenvalue weighted by Crippen LogP contribution is 2.35. The number of hydrogen-bond donors (Lipinski definition) is 1. The summed E-state index contributed by atoms with van der Waals surface area (Å²) in [4.78, 5) is 0. The summed E-state index contributed by atoms with van der Waals surface area (Å²) in [6.45, 7) is 5.47. The third-order valence-electron chi connectivity index (χ3n) is 4.29. The molecule has 0 amide bonds. The van der Waals surface area contributed by atoms with E-state index < -0.39 is 0 Å². The third kappa shape index (κ3) is 4.03. The summed E-state index contributed by atoms with van der Waals surface area (Å²) in [5.41, 5.74) is 1.08. The Morgan fingerprint density at radius 2 is 2.16 bits per heavy atom. The minimum Gasteiger partial charge on any atom is -0.314 e. The summed E-state index contributed by atoms with van der Waals surface area (Å²) in [5.74, 6) is 1.35. The lowest BCUT2D eigenvalue weighted by molar-refractivity contribution is 0.298. The van der Waals surface area contributed by atoms with E-state index in [0.717, 1.165) is 34.8 Å². The molecule has 1 aliphatic rings. The molecule has 0 saturated heterocycles. The van der Waals surface area contributed by atoms with Crippen LogP contribution in [-0.2, 0) is 6.42 Å². The third-order valence-corrected chi connectivity index (χ3v) is 4.75. The minimum atomic E-state index is -0.154. The van der Waals surface area contributed by atoms with E-state index in [-0.39, 0.29) is 5.82 Å². The van der Waals surface area contributed by atoms with E-state index in [1.165, 1.54) is 25.3 Å². The Bertz CT molecular complexity index is 401. The van der Waals surface area contributed by atoms with Crippen LogP contribution < -0.4 is 5.32 Å². The van der Waals surface area contributed by atoms with E-state index in [4.69, 9.17) is 0 Å². The number of likely N-dealkylation sites (N-methyl/N-ethyl adjacent to an activating group) is 1. The summed E-state index contributed by atoms with van der Waals surface area (Å²) in [5, 5.41) is 3.60. The van der Waals surface area contributed by atoms with E-state index in [2.05, 4.69) is 35.1 Å². The van der Waals surface area contributed by atoms with Crippen LogP contribution in [0.5, 0.6) is 0 Å². The van der Waals surface area contributed by atoms with Crippen LogP contribution >= 0.6 is 15.9 Å². The van der Waals surface area contributed by atoms with Crippen LogP contribution in [0.3, 0.4) is 0 Å². The van der Waals surface area contributed by atoms with Gasteiger partial charge in [-0.1, -0.05) is 42.6 Å². The average molecular weight is 328 g/mol. The van der Waals surface area contributed by atoms with Gasteiger partial charge < -0.3 is 5.32 Å². The molecular weight excluding hydrogens is 305 g/mol. The second kappa shape index (κ2) is 6.85. The maximum absolute atomic E-state index is 13.5. The van der Waals surface area contributed by atoms with Gasteiger partial charge in [0, 0.05) is 10.5 Å². The van der Waals surface area contributed by atoms with Crippen molar-refractivity contribution in [2.24, 2.45) is 11.8 Å². The molecule has 0 radical (unpaired) electrons. The van der Waals surface area contributed by atoms with E-state index in [9.17, 15) is 4.39 Å². The molecule has 3 heteroatoms. The van der Waals surface area contributed by atoms with Crippen LogP contribution in [-0.4, -0.2) is 12.6 Å². The van der Waals surface area contributed by atoms with Crippen LogP contribution in [0.1, 0.15) is 38.7 Å². The lowest BCUT2D eigenvalue weighted by Gasteiger charge is -2.28. The number of benzene rings is 1. The first-order valence-corrected chi connectivity index (χ1v) is 8.07. The quantitative estimate of drug-likeness (QED) is 0.836. The fraction of sp³-hybridized carbons (Fsp3) is 0.625. The molecule has 1 fully saturated rings. The summed E-state index contributed by atoms with van der Waals surface area (Å²) >= 11 is 3.38. The molecule has 0 bridgehead atoms. The summed E-state index contributed by atoms with van der Waals surface area (Å²) in [7, 11) is 0. The molecule has 0 heterocycles. The van der Waals surface area contributed by atoms with E-state index >= 15 is 0 Å². The first-order valence-electron chi connectivity index (χ1n) is 7.28. The van der Waals surface area contributed by atoms with Gasteiger partial charge in [0.1, 0.15) is 5.82 Å². The lowest BCUT2D eigenvalue weighted by atomic mass is 9.86. The van der Waals surface area contributed by atoms with Gasteiger partial charge in [-0.25, -0.2) is 4.39 Å². The molecule has 3 unspecified atom stereocenters. The molecule has 0 aliphatic heterocycles. The number of halogens is 2. The van der Waals surface area contributed by atoms with Gasteiger partial charge in [0.2, 0.25) is 0 Å². The van der Waals surface area contributed by atoms with Gasteiger partial charge in [-0.05, 0) is 55.0 Å². The first kappa shape index (κ1) is 15.0. The van der Waals surface area contributed by atoms with Gasteiger partial charge in [-0.3, -0.25) is 0 Å².